The van der Waals surface area contributed by atoms with E-state index in [9.17, 15) is 10.1 Å². The summed E-state index contributed by atoms with van der Waals surface area (Å²) in [6.45, 7) is 2.16. The second-order valence-electron chi connectivity index (χ2n) is 4.46. The van der Waals surface area contributed by atoms with Crippen LogP contribution in [0.15, 0.2) is 18.3 Å². The molecule has 0 unspecified atom stereocenters. The molecule has 0 radical (unpaired) electrons. The first-order valence-corrected chi connectivity index (χ1v) is 6.69. The minimum Gasteiger partial charge on any atom is -0.496 e. The molecule has 20 heavy (non-hydrogen) atoms. The Morgan fingerprint density at radius 2 is 1.90 bits per heavy atom. The lowest BCUT2D eigenvalue weighted by Crippen LogP contribution is -1.97. The number of aryl methyl sites for hydroxylation is 1. The van der Waals surface area contributed by atoms with E-state index in [-0.39, 0.29) is 0 Å². The van der Waals surface area contributed by atoms with Crippen LogP contribution in [0.1, 0.15) is 37.3 Å². The van der Waals surface area contributed by atoms with E-state index in [1.165, 1.54) is 6.08 Å². The van der Waals surface area contributed by atoms with Gasteiger partial charge in [-0.1, -0.05) is 19.8 Å². The van der Waals surface area contributed by atoms with Gasteiger partial charge in [-0.05, 0) is 30.5 Å². The van der Waals surface area contributed by atoms with Crippen LogP contribution in [0.25, 0.3) is 6.08 Å². The van der Waals surface area contributed by atoms with Crippen molar-refractivity contribution >= 4 is 6.08 Å². The quantitative estimate of drug-likeness (QED) is 0.413. The molecule has 0 saturated carbocycles. The number of methoxy groups -OCH3 is 2. The summed E-state index contributed by atoms with van der Waals surface area (Å²) in [6, 6.07) is 3.67. The molecule has 0 saturated heterocycles. The molecule has 0 N–H and O–H groups in total. The first-order valence-electron chi connectivity index (χ1n) is 6.69. The van der Waals surface area contributed by atoms with Gasteiger partial charge in [0.15, 0.2) is 0 Å². The van der Waals surface area contributed by atoms with Gasteiger partial charge < -0.3 is 9.47 Å². The van der Waals surface area contributed by atoms with Crippen molar-refractivity contribution in [1.82, 2.24) is 0 Å². The Morgan fingerprint density at radius 3 is 2.45 bits per heavy atom. The molecule has 0 bridgehead atoms. The average Bonchev–Trinajstić information content (AvgIpc) is 2.45. The molecule has 0 spiro atoms. The molecule has 0 aliphatic heterocycles. The third kappa shape index (κ3) is 4.57. The summed E-state index contributed by atoms with van der Waals surface area (Å²) in [5, 5.41) is 10.4. The van der Waals surface area contributed by atoms with Crippen LogP contribution < -0.4 is 9.47 Å². The highest BCUT2D eigenvalue weighted by molar-refractivity contribution is 5.61. The molecule has 1 aromatic rings. The average molecular weight is 279 g/mol. The Morgan fingerprint density at radius 1 is 1.20 bits per heavy atom. The highest BCUT2D eigenvalue weighted by Crippen LogP contribution is 2.31. The van der Waals surface area contributed by atoms with Crippen LogP contribution >= 0.6 is 0 Å². The van der Waals surface area contributed by atoms with Crippen molar-refractivity contribution in [3.05, 3.63) is 39.6 Å². The van der Waals surface area contributed by atoms with Gasteiger partial charge in [-0.15, -0.1) is 0 Å². The fourth-order valence-electron chi connectivity index (χ4n) is 2.02. The lowest BCUT2D eigenvalue weighted by atomic mass is 10.0. The summed E-state index contributed by atoms with van der Waals surface area (Å²) in [4.78, 5) is 9.92. The van der Waals surface area contributed by atoms with Crippen LogP contribution in [0.3, 0.4) is 0 Å². The summed E-state index contributed by atoms with van der Waals surface area (Å²) in [7, 11) is 3.16. The lowest BCUT2D eigenvalue weighted by molar-refractivity contribution is -0.400. The fourth-order valence-corrected chi connectivity index (χ4v) is 2.02. The number of ether oxygens (including phenoxy) is 2. The Hall–Kier alpha value is -2.04. The first-order chi connectivity index (χ1) is 9.62. The summed E-state index contributed by atoms with van der Waals surface area (Å²) >= 11 is 0. The van der Waals surface area contributed by atoms with E-state index in [1.807, 2.05) is 6.07 Å². The summed E-state index contributed by atoms with van der Waals surface area (Å²) < 4.78 is 10.7. The smallest absolute Gasteiger partial charge is 0.235 e. The number of benzene rings is 1. The molecule has 0 fully saturated rings. The first kappa shape index (κ1) is 16.0. The fraction of sp³-hybridized carbons (Fsp3) is 0.467. The third-order valence-electron chi connectivity index (χ3n) is 3.06. The topological polar surface area (TPSA) is 61.6 Å². The second-order valence-corrected chi connectivity index (χ2v) is 4.46. The maximum Gasteiger partial charge on any atom is 0.235 e. The maximum absolute atomic E-state index is 10.4. The van der Waals surface area contributed by atoms with Crippen LogP contribution in [0.4, 0.5) is 0 Å². The summed E-state index contributed by atoms with van der Waals surface area (Å²) in [5.41, 5.74) is 1.70. The maximum atomic E-state index is 10.4. The van der Waals surface area contributed by atoms with Crippen LogP contribution in [-0.4, -0.2) is 19.1 Å². The van der Waals surface area contributed by atoms with Gasteiger partial charge in [0.05, 0.1) is 19.1 Å². The van der Waals surface area contributed by atoms with Crippen molar-refractivity contribution in [2.45, 2.75) is 32.6 Å². The molecule has 1 aromatic carbocycles. The SMILES string of the molecule is CCCCCc1cc(OC)c(/C=C/[N+](=O)[O-])cc1OC. The van der Waals surface area contributed by atoms with E-state index >= 15 is 0 Å². The van der Waals surface area contributed by atoms with Gasteiger partial charge in [0.1, 0.15) is 11.5 Å². The molecule has 0 aromatic heterocycles. The molecule has 5 nitrogen and oxygen atoms in total. The molecule has 0 atom stereocenters. The highest BCUT2D eigenvalue weighted by Gasteiger charge is 2.10. The monoisotopic (exact) mass is 279 g/mol. The predicted molar refractivity (Wildman–Crippen MR) is 78.8 cm³/mol. The normalized spacial score (nSPS) is 10.8. The minimum absolute atomic E-state index is 0.499. The number of hydrogen-bond acceptors (Lipinski definition) is 4. The van der Waals surface area contributed by atoms with Crippen molar-refractivity contribution in [1.29, 1.82) is 0 Å². The number of nitro groups is 1. The molecular weight excluding hydrogens is 258 g/mol. The number of rotatable bonds is 8. The van der Waals surface area contributed by atoms with Crippen molar-refractivity contribution in [2.75, 3.05) is 14.2 Å². The molecular formula is C15H21NO4. The molecule has 0 aliphatic carbocycles. The molecule has 0 aliphatic rings. The van der Waals surface area contributed by atoms with Crippen molar-refractivity contribution < 1.29 is 14.4 Å². The standard InChI is InChI=1S/C15H21NO4/c1-4-5-6-7-12-10-15(20-3)13(8-9-16(17)18)11-14(12)19-2/h8-11H,4-7H2,1-3H3/b9-8+. The van der Waals surface area contributed by atoms with E-state index < -0.39 is 4.92 Å². The van der Waals surface area contributed by atoms with Crippen LogP contribution in [0, 0.1) is 10.1 Å². The number of nitrogens with zero attached hydrogens (tertiary/aromatic N) is 1. The zero-order valence-corrected chi connectivity index (χ0v) is 12.2. The minimum atomic E-state index is -0.499. The van der Waals surface area contributed by atoms with Crippen molar-refractivity contribution in [2.24, 2.45) is 0 Å². The Bertz CT molecular complexity index is 483. The third-order valence-corrected chi connectivity index (χ3v) is 3.06. The predicted octanol–water partition coefficient (Wildman–Crippen LogP) is 3.68. The van der Waals surface area contributed by atoms with Gasteiger partial charge in [-0.3, -0.25) is 10.1 Å². The Kier molecular flexibility index (Phi) is 6.56. The van der Waals surface area contributed by atoms with E-state index in [1.54, 1.807) is 20.3 Å². The van der Waals surface area contributed by atoms with Crippen LogP contribution in [0.2, 0.25) is 0 Å². The van der Waals surface area contributed by atoms with Gasteiger partial charge in [-0.2, -0.15) is 0 Å². The molecule has 0 heterocycles. The Labute approximate surface area is 119 Å². The van der Waals surface area contributed by atoms with Gasteiger partial charge >= 0.3 is 0 Å². The molecule has 110 valence electrons. The van der Waals surface area contributed by atoms with Gasteiger partial charge in [0.25, 0.3) is 0 Å². The van der Waals surface area contributed by atoms with Gasteiger partial charge in [-0.25, -0.2) is 0 Å². The highest BCUT2D eigenvalue weighted by atomic mass is 16.6. The van der Waals surface area contributed by atoms with Crippen LogP contribution in [0.5, 0.6) is 11.5 Å². The van der Waals surface area contributed by atoms with E-state index in [4.69, 9.17) is 9.47 Å². The van der Waals surface area contributed by atoms with Gasteiger partial charge in [0, 0.05) is 11.6 Å². The number of unbranched alkanes of at least 4 members (excludes halogenated alkanes) is 2. The van der Waals surface area contributed by atoms with Crippen LogP contribution in [-0.2, 0) is 6.42 Å². The van der Waals surface area contributed by atoms with E-state index in [0.29, 0.717) is 11.3 Å². The largest absolute Gasteiger partial charge is 0.496 e. The number of hydrogen-bond donors (Lipinski definition) is 0. The Balaban J connectivity index is 3.06. The zero-order chi connectivity index (χ0) is 15.0. The molecule has 1 rings (SSSR count). The summed E-state index contributed by atoms with van der Waals surface area (Å²) in [5.74, 6) is 1.36. The summed E-state index contributed by atoms with van der Waals surface area (Å²) in [6.07, 6.45) is 6.62. The molecule has 5 heteroatoms. The van der Waals surface area contributed by atoms with Crippen molar-refractivity contribution in [3.63, 3.8) is 0 Å². The molecule has 0 amide bonds. The lowest BCUT2D eigenvalue weighted by Gasteiger charge is -2.13. The van der Waals surface area contributed by atoms with E-state index in [0.717, 1.165) is 43.2 Å². The van der Waals surface area contributed by atoms with Crippen molar-refractivity contribution in [3.8, 4) is 11.5 Å². The zero-order valence-electron chi connectivity index (χ0n) is 12.2. The van der Waals surface area contributed by atoms with Gasteiger partial charge in [0.2, 0.25) is 6.20 Å². The van der Waals surface area contributed by atoms with E-state index in [2.05, 4.69) is 6.92 Å². The second kappa shape index (κ2) is 8.19.